The van der Waals surface area contributed by atoms with Gasteiger partial charge in [-0.3, -0.25) is 9.69 Å². The summed E-state index contributed by atoms with van der Waals surface area (Å²) >= 11 is 0. The Labute approximate surface area is 211 Å². The van der Waals surface area contributed by atoms with Crippen LogP contribution in [0, 0.1) is 0 Å². The lowest BCUT2D eigenvalue weighted by molar-refractivity contribution is -0.654. The zero-order valence-corrected chi connectivity index (χ0v) is 20.9. The predicted molar refractivity (Wildman–Crippen MR) is 135 cm³/mol. The Kier molecular flexibility index (Phi) is 6.54. The molecule has 8 nitrogen and oxygen atoms in total. The van der Waals surface area contributed by atoms with Crippen LogP contribution in [0.15, 0.2) is 36.4 Å². The third kappa shape index (κ3) is 4.80. The van der Waals surface area contributed by atoms with E-state index in [1.165, 1.54) is 22.4 Å². The number of rotatable bonds is 5. The van der Waals surface area contributed by atoms with Crippen molar-refractivity contribution in [2.75, 3.05) is 39.5 Å². The average molecular weight is 492 g/mol. The molecule has 3 aromatic rings. The second kappa shape index (κ2) is 10.1. The van der Waals surface area contributed by atoms with Crippen LogP contribution in [0.1, 0.15) is 53.3 Å². The van der Waals surface area contributed by atoms with Gasteiger partial charge in [-0.15, -0.1) is 0 Å². The largest absolute Gasteiger partial charge is 0.486 e. The van der Waals surface area contributed by atoms with Gasteiger partial charge in [0.25, 0.3) is 11.7 Å². The second-order valence-electron chi connectivity index (χ2n) is 10.2. The van der Waals surface area contributed by atoms with Crippen LogP contribution in [-0.2, 0) is 18.3 Å². The van der Waals surface area contributed by atoms with Crippen LogP contribution in [0.4, 0.5) is 0 Å². The van der Waals surface area contributed by atoms with Gasteiger partial charge >= 0.3 is 0 Å². The van der Waals surface area contributed by atoms with E-state index in [4.69, 9.17) is 14.2 Å². The molecule has 190 valence electrons. The fourth-order valence-corrected chi connectivity index (χ4v) is 5.84. The minimum absolute atomic E-state index is 0.0496. The van der Waals surface area contributed by atoms with Crippen molar-refractivity contribution in [2.24, 2.45) is 7.05 Å². The standard InChI is InChI=1S/C28H34N4O4/c1-31-24-7-5-19(18-32-9-11-34-12-10-32)15-23(24)30-27(31)20-3-2-4-22(16-20)29-28(33)21-6-8-25-26(17-21)36-14-13-35-25/h5-8,15,17,20,22H,2-4,9-14,16,18H2,1H3,(H,29,33)/p+1. The van der Waals surface area contributed by atoms with Gasteiger partial charge < -0.3 is 19.5 Å². The fourth-order valence-electron chi connectivity index (χ4n) is 5.84. The van der Waals surface area contributed by atoms with Gasteiger partial charge in [0.15, 0.2) is 22.5 Å². The summed E-state index contributed by atoms with van der Waals surface area (Å²) in [7, 11) is 2.15. The molecular weight excluding hydrogens is 456 g/mol. The average Bonchev–Trinajstić information content (AvgIpc) is 3.24. The van der Waals surface area contributed by atoms with E-state index >= 15 is 0 Å². The number of benzene rings is 2. The Balaban J connectivity index is 1.14. The number of ether oxygens (including phenoxy) is 3. The van der Waals surface area contributed by atoms with Crippen molar-refractivity contribution in [3.8, 4) is 11.5 Å². The summed E-state index contributed by atoms with van der Waals surface area (Å²) in [4.78, 5) is 19.2. The molecule has 1 saturated carbocycles. The molecule has 36 heavy (non-hydrogen) atoms. The first-order valence-electron chi connectivity index (χ1n) is 13.2. The molecule has 2 unspecified atom stereocenters. The van der Waals surface area contributed by atoms with Gasteiger partial charge in [-0.2, -0.15) is 0 Å². The maximum atomic E-state index is 13.0. The molecule has 2 aromatic carbocycles. The Morgan fingerprint density at radius 2 is 1.89 bits per heavy atom. The van der Waals surface area contributed by atoms with Gasteiger partial charge in [-0.25, -0.2) is 9.55 Å². The van der Waals surface area contributed by atoms with Crippen molar-refractivity contribution < 1.29 is 23.6 Å². The molecule has 0 bridgehead atoms. The Morgan fingerprint density at radius 1 is 1.06 bits per heavy atom. The number of aromatic amines is 1. The molecule has 1 aliphatic carbocycles. The molecule has 0 spiro atoms. The quantitative estimate of drug-likeness (QED) is 0.537. The molecule has 2 N–H and O–H groups in total. The van der Waals surface area contributed by atoms with Crippen molar-refractivity contribution in [1.82, 2.24) is 15.2 Å². The van der Waals surface area contributed by atoms with E-state index in [0.717, 1.165) is 58.5 Å². The number of fused-ring (bicyclic) bond motifs is 2. The summed E-state index contributed by atoms with van der Waals surface area (Å²) < 4.78 is 19.0. The highest BCUT2D eigenvalue weighted by Crippen LogP contribution is 2.33. The summed E-state index contributed by atoms with van der Waals surface area (Å²) in [6.45, 7) is 5.62. The van der Waals surface area contributed by atoms with Gasteiger partial charge in [0.2, 0.25) is 0 Å². The number of imidazole rings is 1. The Morgan fingerprint density at radius 3 is 2.75 bits per heavy atom. The summed E-state index contributed by atoms with van der Waals surface area (Å²) in [5, 5.41) is 3.28. The minimum Gasteiger partial charge on any atom is -0.486 e. The molecule has 2 fully saturated rings. The lowest BCUT2D eigenvalue weighted by Crippen LogP contribution is -2.41. The number of carbonyl (C=O) groups excluding carboxylic acids is 1. The number of hydrogen-bond donors (Lipinski definition) is 2. The first-order chi connectivity index (χ1) is 17.6. The molecule has 0 radical (unpaired) electrons. The van der Waals surface area contributed by atoms with Crippen molar-refractivity contribution >= 4 is 16.9 Å². The molecular formula is C28H35N4O4+. The smallest absolute Gasteiger partial charge is 0.258 e. The van der Waals surface area contributed by atoms with Crippen LogP contribution in [0.2, 0.25) is 0 Å². The number of carbonyl (C=O) groups is 1. The van der Waals surface area contributed by atoms with E-state index in [0.29, 0.717) is 36.2 Å². The maximum Gasteiger partial charge on any atom is 0.258 e. The van der Waals surface area contributed by atoms with Gasteiger partial charge in [0, 0.05) is 31.2 Å². The summed E-state index contributed by atoms with van der Waals surface area (Å²) in [5.41, 5.74) is 4.34. The van der Waals surface area contributed by atoms with Gasteiger partial charge in [-0.1, -0.05) is 12.5 Å². The zero-order valence-electron chi connectivity index (χ0n) is 20.9. The third-order valence-corrected chi connectivity index (χ3v) is 7.76. The van der Waals surface area contributed by atoms with E-state index in [2.05, 4.69) is 45.0 Å². The molecule has 6 rings (SSSR count). The monoisotopic (exact) mass is 491 g/mol. The highest BCUT2D eigenvalue weighted by Gasteiger charge is 2.32. The SMILES string of the molecule is C[n+]1c(C2CCCC(NC(=O)c3ccc4c(c3)OCCO4)C2)[nH]c2cc(CN3CCOCC3)ccc21. The van der Waals surface area contributed by atoms with Crippen LogP contribution in [-0.4, -0.2) is 61.3 Å². The highest BCUT2D eigenvalue weighted by molar-refractivity contribution is 5.95. The summed E-state index contributed by atoms with van der Waals surface area (Å²) in [6, 6.07) is 12.3. The van der Waals surface area contributed by atoms with E-state index in [9.17, 15) is 4.79 Å². The van der Waals surface area contributed by atoms with Crippen molar-refractivity contribution in [2.45, 2.75) is 44.2 Å². The number of amides is 1. The first-order valence-corrected chi connectivity index (χ1v) is 13.2. The number of aryl methyl sites for hydroxylation is 1. The lowest BCUT2D eigenvalue weighted by Gasteiger charge is -2.27. The molecule has 1 amide bonds. The normalized spacial score (nSPS) is 22.5. The van der Waals surface area contributed by atoms with Crippen molar-refractivity contribution in [3.63, 3.8) is 0 Å². The zero-order chi connectivity index (χ0) is 24.5. The Bertz CT molecular complexity index is 1250. The molecule has 2 atom stereocenters. The molecule has 1 saturated heterocycles. The maximum absolute atomic E-state index is 13.0. The number of H-pyrrole nitrogens is 1. The van der Waals surface area contributed by atoms with Crippen LogP contribution in [0.25, 0.3) is 11.0 Å². The van der Waals surface area contributed by atoms with Gasteiger partial charge in [-0.05, 0) is 55.2 Å². The fraction of sp³-hybridized carbons (Fsp3) is 0.500. The van der Waals surface area contributed by atoms with Crippen LogP contribution in [0.3, 0.4) is 0 Å². The molecule has 1 aromatic heterocycles. The number of nitrogens with one attached hydrogen (secondary N) is 2. The molecule has 2 aliphatic heterocycles. The molecule has 3 heterocycles. The highest BCUT2D eigenvalue weighted by atomic mass is 16.6. The van der Waals surface area contributed by atoms with Crippen molar-refractivity contribution in [1.29, 1.82) is 0 Å². The minimum atomic E-state index is -0.0496. The first kappa shape index (κ1) is 23.3. The Hall–Kier alpha value is -3.10. The predicted octanol–water partition coefficient (Wildman–Crippen LogP) is 3.05. The van der Waals surface area contributed by atoms with Gasteiger partial charge in [0.1, 0.15) is 13.2 Å². The van der Waals surface area contributed by atoms with E-state index in [-0.39, 0.29) is 11.9 Å². The second-order valence-corrected chi connectivity index (χ2v) is 10.2. The lowest BCUT2D eigenvalue weighted by atomic mass is 9.85. The van der Waals surface area contributed by atoms with Gasteiger partial charge in [0.05, 0.1) is 26.2 Å². The topological polar surface area (TPSA) is 79.7 Å². The number of hydrogen-bond acceptors (Lipinski definition) is 5. The summed E-state index contributed by atoms with van der Waals surface area (Å²) in [5.74, 6) is 2.92. The van der Waals surface area contributed by atoms with Crippen LogP contribution < -0.4 is 19.4 Å². The number of aromatic nitrogens is 2. The van der Waals surface area contributed by atoms with Crippen molar-refractivity contribution in [3.05, 3.63) is 53.3 Å². The van der Waals surface area contributed by atoms with E-state index < -0.39 is 0 Å². The number of nitrogens with zero attached hydrogens (tertiary/aromatic N) is 2. The van der Waals surface area contributed by atoms with Crippen LogP contribution in [0.5, 0.6) is 11.5 Å². The summed E-state index contributed by atoms with van der Waals surface area (Å²) in [6.07, 6.45) is 4.14. The molecule has 8 heteroatoms. The van der Waals surface area contributed by atoms with Crippen LogP contribution >= 0.6 is 0 Å². The van der Waals surface area contributed by atoms with E-state index in [1.807, 2.05) is 12.1 Å². The molecule has 3 aliphatic rings. The third-order valence-electron chi connectivity index (χ3n) is 7.76. The number of morpholine rings is 1. The van der Waals surface area contributed by atoms with E-state index in [1.54, 1.807) is 6.07 Å².